The van der Waals surface area contributed by atoms with Gasteiger partial charge in [-0.25, -0.2) is 23.9 Å². The van der Waals surface area contributed by atoms with Crippen LogP contribution in [0.3, 0.4) is 0 Å². The number of alkyl carbamates (subject to hydrolysis) is 2. The first-order valence-corrected chi connectivity index (χ1v) is 19.8. The Morgan fingerprint density at radius 3 is 1.79 bits per heavy atom. The van der Waals surface area contributed by atoms with Gasteiger partial charge in [-0.1, -0.05) is 45.9 Å². The lowest BCUT2D eigenvalue weighted by Gasteiger charge is -2.31. The molecule has 8 atom stereocenters. The smallest absolute Gasteiger partial charge is 0.407 e. The number of ether oxygens (including phenoxy) is 2. The molecule has 0 unspecified atom stereocenters. The second kappa shape index (κ2) is 13.7. The van der Waals surface area contributed by atoms with Crippen molar-refractivity contribution < 1.29 is 33.0 Å². The van der Waals surface area contributed by atoms with Crippen molar-refractivity contribution in [2.75, 3.05) is 14.2 Å². The number of H-pyrrole nitrogens is 2. The van der Waals surface area contributed by atoms with Gasteiger partial charge in [0.15, 0.2) is 5.82 Å². The minimum absolute atomic E-state index is 0.0595. The van der Waals surface area contributed by atoms with Crippen LogP contribution in [0.5, 0.6) is 0 Å². The Balaban J connectivity index is 0.990. The number of hydrogen-bond acceptors (Lipinski definition) is 8. The van der Waals surface area contributed by atoms with E-state index in [4.69, 9.17) is 14.5 Å². The number of carbonyl (C=O) groups excluding carboxylic acids is 4. The van der Waals surface area contributed by atoms with E-state index in [0.29, 0.717) is 41.0 Å². The van der Waals surface area contributed by atoms with E-state index in [-0.39, 0.29) is 53.3 Å². The predicted molar refractivity (Wildman–Crippen MR) is 209 cm³/mol. The van der Waals surface area contributed by atoms with Gasteiger partial charge in [-0.2, -0.15) is 0 Å². The first-order valence-electron chi connectivity index (χ1n) is 19.8. The molecular formula is C42H47FN8O6. The Kier molecular flexibility index (Phi) is 8.89. The molecule has 57 heavy (non-hydrogen) atoms. The lowest BCUT2D eigenvalue weighted by atomic mass is 10.00. The van der Waals surface area contributed by atoms with E-state index in [1.54, 1.807) is 0 Å². The van der Waals surface area contributed by atoms with Crippen LogP contribution in [-0.2, 0) is 19.1 Å². The molecule has 0 bridgehead atoms. The van der Waals surface area contributed by atoms with Crippen LogP contribution in [0.15, 0.2) is 42.5 Å². The highest BCUT2D eigenvalue weighted by molar-refractivity contribution is 6.05. The highest BCUT2D eigenvalue weighted by atomic mass is 19.1. The van der Waals surface area contributed by atoms with Gasteiger partial charge >= 0.3 is 12.2 Å². The van der Waals surface area contributed by atoms with Crippen LogP contribution in [0.4, 0.5) is 14.0 Å². The number of piperidine rings is 2. The summed E-state index contributed by atoms with van der Waals surface area (Å²) in [6.45, 7) is 7.56. The quantitative estimate of drug-likeness (QED) is 0.132. The highest BCUT2D eigenvalue weighted by Crippen LogP contribution is 2.55. The van der Waals surface area contributed by atoms with Gasteiger partial charge < -0.3 is 39.9 Å². The molecule has 15 heteroatoms. The zero-order chi connectivity index (χ0) is 40.0. The molecule has 0 spiro atoms. The Morgan fingerprint density at radius 2 is 1.25 bits per heavy atom. The summed E-state index contributed by atoms with van der Waals surface area (Å²) in [6.07, 6.45) is 2.05. The average Bonchev–Trinajstić information content (AvgIpc) is 3.84. The fraction of sp³-hybridized carbons (Fsp3) is 0.476. The van der Waals surface area contributed by atoms with Crippen molar-refractivity contribution in [3.63, 3.8) is 0 Å². The second-order valence-corrected chi connectivity index (χ2v) is 16.8. The van der Waals surface area contributed by atoms with Crippen LogP contribution in [0.25, 0.3) is 44.0 Å². The maximum Gasteiger partial charge on any atom is 0.407 e. The minimum atomic E-state index is -0.763. The molecule has 298 valence electrons. The van der Waals surface area contributed by atoms with Crippen LogP contribution in [0.1, 0.15) is 77.1 Å². The molecule has 3 aromatic carbocycles. The Hall–Kier alpha value is -5.73. The third kappa shape index (κ3) is 6.31. The molecule has 5 aromatic rings. The average molecular weight is 779 g/mol. The van der Waals surface area contributed by atoms with Crippen LogP contribution in [0.2, 0.25) is 0 Å². The molecule has 14 nitrogen and oxygen atoms in total. The third-order valence-electron chi connectivity index (χ3n) is 12.5. The van der Waals surface area contributed by atoms with Gasteiger partial charge in [0.05, 0.1) is 42.9 Å². The number of hydrogen-bond donors (Lipinski definition) is 4. The number of rotatable bonds is 9. The number of nitrogens with one attached hydrogen (secondary N) is 4. The fourth-order valence-electron chi connectivity index (χ4n) is 9.33. The van der Waals surface area contributed by atoms with E-state index in [1.165, 1.54) is 20.3 Å². The molecule has 4 fully saturated rings. The van der Waals surface area contributed by atoms with E-state index in [1.807, 2.05) is 73.9 Å². The maximum absolute atomic E-state index is 15.9. The SMILES string of the molecule is COC(=O)N[C@H](C(=O)N1[C@@H]2C[C@@H]2C[C@H]1c1nc2c(F)cc(-c3ccc4c(ccc5[nH]c([C@@H]6C[C@H]7C[C@H]7N6C(=O)[C@@H](NC(=O)OC)C(C)C)nc54)c3)cc2[nH]1)C(C)C. The van der Waals surface area contributed by atoms with Gasteiger partial charge in [0.25, 0.3) is 0 Å². The number of likely N-dealkylation sites (tertiary alicyclic amines) is 2. The Morgan fingerprint density at radius 1 is 0.702 bits per heavy atom. The number of halogens is 1. The number of aromatic nitrogens is 4. The topological polar surface area (TPSA) is 175 Å². The molecule has 2 aliphatic carbocycles. The normalized spacial score (nSPS) is 24.5. The maximum atomic E-state index is 15.9. The predicted octanol–water partition coefficient (Wildman–Crippen LogP) is 6.48. The highest BCUT2D eigenvalue weighted by Gasteiger charge is 2.57. The molecule has 0 radical (unpaired) electrons. The van der Waals surface area contributed by atoms with E-state index >= 15 is 4.39 Å². The number of benzene rings is 3. The van der Waals surface area contributed by atoms with Crippen LogP contribution >= 0.6 is 0 Å². The summed E-state index contributed by atoms with van der Waals surface area (Å²) in [5.74, 6) is 0.880. The number of aromatic amines is 2. The number of nitrogens with zero attached hydrogens (tertiary/aromatic N) is 4. The van der Waals surface area contributed by atoms with Gasteiger partial charge in [-0.05, 0) is 90.1 Å². The van der Waals surface area contributed by atoms with Crippen molar-refractivity contribution >= 4 is 56.8 Å². The van der Waals surface area contributed by atoms with Crippen molar-refractivity contribution in [3.8, 4) is 11.1 Å². The number of imidazole rings is 2. The van der Waals surface area contributed by atoms with Gasteiger partial charge in [0, 0.05) is 17.5 Å². The summed E-state index contributed by atoms with van der Waals surface area (Å²) in [5, 5.41) is 7.27. The monoisotopic (exact) mass is 778 g/mol. The first-order chi connectivity index (χ1) is 27.3. The fourth-order valence-corrected chi connectivity index (χ4v) is 9.33. The largest absolute Gasteiger partial charge is 0.453 e. The lowest BCUT2D eigenvalue weighted by molar-refractivity contribution is -0.137. The van der Waals surface area contributed by atoms with Crippen molar-refractivity contribution in [1.29, 1.82) is 0 Å². The van der Waals surface area contributed by atoms with Crippen molar-refractivity contribution in [1.82, 2.24) is 40.4 Å². The summed E-state index contributed by atoms with van der Waals surface area (Å²) in [4.78, 5) is 72.3. The van der Waals surface area contributed by atoms with Crippen molar-refractivity contribution in [3.05, 3.63) is 59.9 Å². The van der Waals surface area contributed by atoms with Crippen LogP contribution in [0, 0.1) is 29.5 Å². The molecule has 4 amide bonds. The lowest BCUT2D eigenvalue weighted by Crippen LogP contribution is -2.52. The molecule has 4 aliphatic rings. The van der Waals surface area contributed by atoms with Gasteiger partial charge in [-0.3, -0.25) is 9.59 Å². The van der Waals surface area contributed by atoms with Gasteiger partial charge in [0.1, 0.15) is 29.2 Å². The molecular weight excluding hydrogens is 732 g/mol. The molecule has 2 aliphatic heterocycles. The summed E-state index contributed by atoms with van der Waals surface area (Å²) in [6, 6.07) is 11.4. The van der Waals surface area contributed by atoms with E-state index < -0.39 is 30.1 Å². The standard InChI is InChI=1S/C42H47FN8O6/c1-18(2)33(48-41(54)56-5)39(52)50-29-14-23(29)16-31(50)37-44-27-10-8-21-11-20(7-9-25(21)35(27)46-37)22-12-26(43)36-28(13-22)45-38(47-36)32-17-24-15-30(24)51(32)40(53)34(19(3)4)49-42(55)57-6/h7-13,18-19,23-24,29-34H,14-17H2,1-6H3,(H,44,46)(H,45,47)(H,48,54)(H,49,55)/t23-,24-,29-,30-,31+,32+,33+,34+/m1/s1. The van der Waals surface area contributed by atoms with Crippen molar-refractivity contribution in [2.24, 2.45) is 23.7 Å². The van der Waals surface area contributed by atoms with E-state index in [9.17, 15) is 19.2 Å². The minimum Gasteiger partial charge on any atom is -0.453 e. The second-order valence-electron chi connectivity index (χ2n) is 16.8. The molecule has 2 aromatic heterocycles. The molecule has 2 saturated heterocycles. The van der Waals surface area contributed by atoms with Crippen LogP contribution < -0.4 is 10.6 Å². The number of carbonyl (C=O) groups is 4. The van der Waals surface area contributed by atoms with Gasteiger partial charge in [-0.15, -0.1) is 0 Å². The number of amides is 4. The van der Waals surface area contributed by atoms with E-state index in [0.717, 1.165) is 46.6 Å². The number of fused-ring (bicyclic) bond motifs is 6. The molecule has 4 heterocycles. The summed E-state index contributed by atoms with van der Waals surface area (Å²) >= 11 is 0. The Bertz CT molecular complexity index is 2460. The number of methoxy groups -OCH3 is 2. The van der Waals surface area contributed by atoms with E-state index in [2.05, 4.69) is 25.6 Å². The zero-order valence-corrected chi connectivity index (χ0v) is 32.8. The van der Waals surface area contributed by atoms with Crippen LogP contribution in [-0.4, -0.2) is 92.1 Å². The molecule has 9 rings (SSSR count). The molecule has 4 N–H and O–H groups in total. The molecule has 2 saturated carbocycles. The summed E-state index contributed by atoms with van der Waals surface area (Å²) in [7, 11) is 2.56. The third-order valence-corrected chi connectivity index (χ3v) is 12.5. The first kappa shape index (κ1) is 36.9. The van der Waals surface area contributed by atoms with Gasteiger partial charge in [0.2, 0.25) is 11.8 Å². The Labute approximate surface area is 328 Å². The van der Waals surface area contributed by atoms with Crippen molar-refractivity contribution in [2.45, 2.75) is 89.6 Å². The summed E-state index contributed by atoms with van der Waals surface area (Å²) < 4.78 is 25.5. The zero-order valence-electron chi connectivity index (χ0n) is 32.8. The summed E-state index contributed by atoms with van der Waals surface area (Å²) in [5.41, 5.74) is 3.85.